The fourth-order valence-corrected chi connectivity index (χ4v) is 4.62. The topological polar surface area (TPSA) is 78.5 Å². The molecule has 2 aliphatic rings. The minimum Gasteiger partial charge on any atom is -0.484 e. The van der Waals surface area contributed by atoms with Gasteiger partial charge in [-0.3, -0.25) is 14.7 Å². The van der Waals surface area contributed by atoms with Gasteiger partial charge in [0, 0.05) is 18.8 Å². The summed E-state index contributed by atoms with van der Waals surface area (Å²) in [6.07, 6.45) is 3.50. The summed E-state index contributed by atoms with van der Waals surface area (Å²) in [6, 6.07) is 15.1. The van der Waals surface area contributed by atoms with Gasteiger partial charge in [-0.2, -0.15) is 5.10 Å². The van der Waals surface area contributed by atoms with Crippen molar-refractivity contribution in [3.8, 4) is 5.75 Å². The van der Waals surface area contributed by atoms with Crippen molar-refractivity contribution in [3.63, 3.8) is 0 Å². The molecule has 2 amide bonds. The van der Waals surface area contributed by atoms with Crippen LogP contribution in [0.15, 0.2) is 54.6 Å². The molecule has 0 radical (unpaired) electrons. The number of carbonyl (C=O) groups is 2. The molecule has 1 unspecified atom stereocenters. The second kappa shape index (κ2) is 9.05. The molecule has 1 saturated heterocycles. The predicted octanol–water partition coefficient (Wildman–Crippen LogP) is 3.88. The number of benzene rings is 2. The molecule has 0 bridgehead atoms. The van der Waals surface area contributed by atoms with E-state index in [9.17, 15) is 14.0 Å². The van der Waals surface area contributed by atoms with Crippen LogP contribution in [-0.2, 0) is 11.2 Å². The van der Waals surface area contributed by atoms with Gasteiger partial charge in [0.1, 0.15) is 11.6 Å². The van der Waals surface area contributed by atoms with Crippen molar-refractivity contribution in [3.05, 3.63) is 77.4 Å². The number of rotatable bonds is 5. The number of halogens is 1. The number of aromatic amines is 1. The number of carbonyl (C=O) groups excluding carboxylic acids is 2. The largest absolute Gasteiger partial charge is 0.484 e. The Morgan fingerprint density at radius 2 is 1.91 bits per heavy atom. The molecule has 170 valence electrons. The van der Waals surface area contributed by atoms with Gasteiger partial charge in [-0.1, -0.05) is 18.2 Å². The zero-order valence-corrected chi connectivity index (χ0v) is 18.2. The molecule has 1 fully saturated rings. The molecule has 3 heterocycles. The fourth-order valence-electron chi connectivity index (χ4n) is 4.62. The molecular weight excluding hydrogens is 423 g/mol. The number of ether oxygens (including phenoxy) is 1. The molecule has 8 heteroatoms. The summed E-state index contributed by atoms with van der Waals surface area (Å²) >= 11 is 0. The zero-order chi connectivity index (χ0) is 22.8. The summed E-state index contributed by atoms with van der Waals surface area (Å²) in [6.45, 7) is 1.11. The van der Waals surface area contributed by atoms with E-state index in [0.717, 1.165) is 42.6 Å². The van der Waals surface area contributed by atoms with Gasteiger partial charge in [0.25, 0.3) is 11.8 Å². The number of para-hydroxylation sites is 1. The van der Waals surface area contributed by atoms with Crippen LogP contribution < -0.4 is 9.64 Å². The van der Waals surface area contributed by atoms with Gasteiger partial charge in [0.05, 0.1) is 11.7 Å². The first kappa shape index (κ1) is 21.2. The highest BCUT2D eigenvalue weighted by Crippen LogP contribution is 2.32. The van der Waals surface area contributed by atoms with Gasteiger partial charge < -0.3 is 14.5 Å². The van der Waals surface area contributed by atoms with Crippen LogP contribution in [0.5, 0.6) is 5.75 Å². The van der Waals surface area contributed by atoms with Crippen LogP contribution in [0.2, 0.25) is 0 Å². The highest BCUT2D eigenvalue weighted by atomic mass is 19.1. The normalized spacial score (nSPS) is 17.7. The maximum atomic E-state index is 13.1. The van der Waals surface area contributed by atoms with Crippen LogP contribution >= 0.6 is 0 Å². The number of H-pyrrole nitrogens is 1. The first-order valence-electron chi connectivity index (χ1n) is 11.2. The number of amides is 2. The van der Waals surface area contributed by atoms with Crippen molar-refractivity contribution >= 4 is 17.5 Å². The van der Waals surface area contributed by atoms with Crippen molar-refractivity contribution in [2.45, 2.75) is 31.7 Å². The number of nitrogens with zero attached hydrogens (tertiary/aromatic N) is 3. The number of aromatic nitrogens is 2. The van der Waals surface area contributed by atoms with E-state index in [1.54, 1.807) is 15.9 Å². The molecule has 7 nitrogen and oxygen atoms in total. The number of piperidine rings is 1. The van der Waals surface area contributed by atoms with E-state index in [0.29, 0.717) is 24.5 Å². The highest BCUT2D eigenvalue weighted by Gasteiger charge is 2.32. The Labute approximate surface area is 191 Å². The van der Waals surface area contributed by atoms with Crippen LogP contribution in [0.4, 0.5) is 10.1 Å². The lowest BCUT2D eigenvalue weighted by Crippen LogP contribution is -2.41. The Morgan fingerprint density at radius 3 is 2.76 bits per heavy atom. The van der Waals surface area contributed by atoms with Crippen molar-refractivity contribution in [1.29, 1.82) is 0 Å². The van der Waals surface area contributed by atoms with E-state index < -0.39 is 0 Å². The molecule has 3 aromatic rings. The maximum absolute atomic E-state index is 13.1. The van der Waals surface area contributed by atoms with Gasteiger partial charge in [-0.05, 0) is 67.6 Å². The second-order valence-electron chi connectivity index (χ2n) is 8.39. The van der Waals surface area contributed by atoms with Gasteiger partial charge in [-0.15, -0.1) is 0 Å². The summed E-state index contributed by atoms with van der Waals surface area (Å²) in [5.74, 6) is -0.207. The lowest BCUT2D eigenvalue weighted by molar-refractivity contribution is -0.137. The first-order valence-corrected chi connectivity index (χ1v) is 11.2. The molecular formula is C25H25FN4O3. The number of nitrogens with one attached hydrogen (secondary N) is 1. The zero-order valence-electron chi connectivity index (χ0n) is 18.2. The number of anilines is 1. The molecule has 1 atom stereocenters. The van der Waals surface area contributed by atoms with E-state index in [1.165, 1.54) is 24.3 Å². The van der Waals surface area contributed by atoms with Crippen LogP contribution in [0, 0.1) is 5.82 Å². The molecule has 1 N–H and O–H groups in total. The van der Waals surface area contributed by atoms with Crippen LogP contribution in [0.25, 0.3) is 0 Å². The smallest absolute Gasteiger partial charge is 0.278 e. The Hall–Kier alpha value is -3.68. The van der Waals surface area contributed by atoms with Crippen LogP contribution in [0.1, 0.15) is 47.1 Å². The number of likely N-dealkylation sites (tertiary alicyclic amines) is 1. The second-order valence-corrected chi connectivity index (χ2v) is 8.39. The molecule has 0 saturated carbocycles. The van der Waals surface area contributed by atoms with Gasteiger partial charge in [-0.25, -0.2) is 4.39 Å². The van der Waals surface area contributed by atoms with E-state index in [-0.39, 0.29) is 30.3 Å². The van der Waals surface area contributed by atoms with Crippen molar-refractivity contribution in [1.82, 2.24) is 15.1 Å². The molecule has 5 rings (SSSR count). The SMILES string of the molecule is O=C(c1cc(C2CCCCN2C(=O)COc2ccc(F)cc2)[nH]n1)N1CCc2ccccc21. The van der Waals surface area contributed by atoms with Crippen LogP contribution in [-0.4, -0.2) is 46.6 Å². The van der Waals surface area contributed by atoms with E-state index in [1.807, 2.05) is 24.3 Å². The Kier molecular flexibility index (Phi) is 5.81. The van der Waals surface area contributed by atoms with Crippen molar-refractivity contribution < 1.29 is 18.7 Å². The van der Waals surface area contributed by atoms with Gasteiger partial charge >= 0.3 is 0 Å². The number of hydrogen-bond donors (Lipinski definition) is 1. The third-order valence-electron chi connectivity index (χ3n) is 6.31. The summed E-state index contributed by atoms with van der Waals surface area (Å²) in [5.41, 5.74) is 3.19. The summed E-state index contributed by atoms with van der Waals surface area (Å²) in [4.78, 5) is 29.6. The third-order valence-corrected chi connectivity index (χ3v) is 6.31. The number of hydrogen-bond acceptors (Lipinski definition) is 4. The predicted molar refractivity (Wildman–Crippen MR) is 121 cm³/mol. The molecule has 33 heavy (non-hydrogen) atoms. The average molecular weight is 448 g/mol. The minimum absolute atomic E-state index is 0.132. The summed E-state index contributed by atoms with van der Waals surface area (Å²) < 4.78 is 18.6. The Morgan fingerprint density at radius 1 is 1.09 bits per heavy atom. The quantitative estimate of drug-likeness (QED) is 0.643. The maximum Gasteiger partial charge on any atom is 0.278 e. The van der Waals surface area contributed by atoms with Crippen molar-refractivity contribution in [2.75, 3.05) is 24.6 Å². The van der Waals surface area contributed by atoms with E-state index in [2.05, 4.69) is 10.2 Å². The summed E-state index contributed by atoms with van der Waals surface area (Å²) in [7, 11) is 0. The molecule has 2 aliphatic heterocycles. The standard InChI is InChI=1S/C25H25FN4O3/c26-18-8-10-19(11-9-18)33-16-24(31)29-13-4-3-7-23(29)20-15-21(28-27-20)25(32)30-14-12-17-5-1-2-6-22(17)30/h1-2,5-6,8-11,15,23H,3-4,7,12-14,16H2,(H,27,28). The fraction of sp³-hybridized carbons (Fsp3) is 0.320. The third kappa shape index (κ3) is 4.33. The first-order chi connectivity index (χ1) is 16.1. The Bertz CT molecular complexity index is 1160. The number of fused-ring (bicyclic) bond motifs is 1. The monoisotopic (exact) mass is 448 g/mol. The molecule has 0 spiro atoms. The molecule has 2 aromatic carbocycles. The van der Waals surface area contributed by atoms with Gasteiger partial charge in [0.2, 0.25) is 0 Å². The lowest BCUT2D eigenvalue weighted by atomic mass is 9.99. The lowest BCUT2D eigenvalue weighted by Gasteiger charge is -2.35. The van der Waals surface area contributed by atoms with Gasteiger partial charge in [0.15, 0.2) is 12.3 Å². The van der Waals surface area contributed by atoms with Crippen molar-refractivity contribution in [2.24, 2.45) is 0 Å². The highest BCUT2D eigenvalue weighted by molar-refractivity contribution is 6.06. The summed E-state index contributed by atoms with van der Waals surface area (Å²) in [5, 5.41) is 7.28. The molecule has 1 aromatic heterocycles. The minimum atomic E-state index is -0.355. The van der Waals surface area contributed by atoms with E-state index in [4.69, 9.17) is 4.74 Å². The Balaban J connectivity index is 1.28. The average Bonchev–Trinajstić information content (AvgIpc) is 3.51. The van der Waals surface area contributed by atoms with E-state index >= 15 is 0 Å². The molecule has 0 aliphatic carbocycles. The van der Waals surface area contributed by atoms with Crippen LogP contribution in [0.3, 0.4) is 0 Å².